The highest BCUT2D eigenvalue weighted by atomic mass is 16.5. The number of aromatic nitrogens is 1. The first-order valence-corrected chi connectivity index (χ1v) is 9.14. The monoisotopic (exact) mass is 378 g/mol. The van der Waals surface area contributed by atoms with E-state index in [9.17, 15) is 14.9 Å². The molecule has 0 saturated heterocycles. The molecule has 2 aromatic rings. The van der Waals surface area contributed by atoms with E-state index >= 15 is 0 Å². The van der Waals surface area contributed by atoms with E-state index in [0.717, 1.165) is 58.8 Å². The molecule has 144 valence electrons. The molecule has 1 aliphatic carbocycles. The average molecular weight is 378 g/mol. The van der Waals surface area contributed by atoms with Crippen molar-refractivity contribution in [2.45, 2.75) is 39.5 Å². The molecule has 0 unspecified atom stereocenters. The summed E-state index contributed by atoms with van der Waals surface area (Å²) in [6.45, 7) is 2.56. The number of nitriles is 1. The van der Waals surface area contributed by atoms with Crippen LogP contribution in [0.15, 0.2) is 24.3 Å². The molecule has 1 aliphatic rings. The molecule has 0 bridgehead atoms. The summed E-state index contributed by atoms with van der Waals surface area (Å²) in [5.41, 5.74) is 6.69. The zero-order valence-electron chi connectivity index (χ0n) is 16.2. The fraction of sp³-hybridized carbons (Fsp3) is 0.333. The van der Waals surface area contributed by atoms with Gasteiger partial charge in [-0.15, -0.1) is 0 Å². The van der Waals surface area contributed by atoms with Gasteiger partial charge in [-0.05, 0) is 48.9 Å². The highest BCUT2D eigenvalue weighted by Crippen LogP contribution is 2.37. The Balaban J connectivity index is 2.20. The third-order valence-electron chi connectivity index (χ3n) is 4.81. The summed E-state index contributed by atoms with van der Waals surface area (Å²) in [5, 5.41) is 10.8. The lowest BCUT2D eigenvalue weighted by molar-refractivity contribution is -0.140. The van der Waals surface area contributed by atoms with Crippen molar-refractivity contribution in [3.63, 3.8) is 0 Å². The van der Waals surface area contributed by atoms with Crippen molar-refractivity contribution in [2.75, 3.05) is 12.5 Å². The molecule has 0 fully saturated rings. The molecule has 0 radical (unpaired) electrons. The number of nitrogens with zero attached hydrogens (tertiary/aromatic N) is 3. The first-order valence-electron chi connectivity index (χ1n) is 9.14. The van der Waals surface area contributed by atoms with Gasteiger partial charge in [-0.25, -0.2) is 4.98 Å². The number of methoxy groups -OCH3 is 1. The van der Waals surface area contributed by atoms with Gasteiger partial charge in [0.15, 0.2) is 5.82 Å². The van der Waals surface area contributed by atoms with Gasteiger partial charge in [-0.3, -0.25) is 15.0 Å². The van der Waals surface area contributed by atoms with Crippen LogP contribution in [0.2, 0.25) is 0 Å². The number of nitrogens with one attached hydrogen (secondary N) is 1. The van der Waals surface area contributed by atoms with Crippen LogP contribution >= 0.6 is 0 Å². The fourth-order valence-corrected chi connectivity index (χ4v) is 3.49. The van der Waals surface area contributed by atoms with E-state index in [1.54, 1.807) is 7.11 Å². The molecule has 1 N–H and O–H groups in total. The number of benzene rings is 1. The van der Waals surface area contributed by atoms with Gasteiger partial charge in [-0.2, -0.15) is 10.3 Å². The lowest BCUT2D eigenvalue weighted by atomic mass is 9.86. The van der Waals surface area contributed by atoms with Crippen LogP contribution in [0.1, 0.15) is 43.5 Å². The van der Waals surface area contributed by atoms with E-state index in [0.29, 0.717) is 5.56 Å². The zero-order valence-corrected chi connectivity index (χ0v) is 16.2. The van der Waals surface area contributed by atoms with Gasteiger partial charge >= 0.3 is 0 Å². The van der Waals surface area contributed by atoms with Gasteiger partial charge in [-0.1, -0.05) is 12.1 Å². The number of hydrazine groups is 1. The van der Waals surface area contributed by atoms with Crippen LogP contribution in [-0.2, 0) is 22.4 Å². The zero-order chi connectivity index (χ0) is 20.3. The number of imide groups is 1. The highest BCUT2D eigenvalue weighted by Gasteiger charge is 2.25. The molecule has 0 saturated carbocycles. The normalized spacial score (nSPS) is 12.5. The van der Waals surface area contributed by atoms with Crippen molar-refractivity contribution in [3.8, 4) is 22.9 Å². The lowest BCUT2D eigenvalue weighted by Crippen LogP contribution is -2.39. The van der Waals surface area contributed by atoms with Crippen molar-refractivity contribution in [2.24, 2.45) is 0 Å². The molecule has 1 aromatic carbocycles. The maximum atomic E-state index is 11.8. The minimum absolute atomic E-state index is 0.222. The van der Waals surface area contributed by atoms with E-state index in [4.69, 9.17) is 4.74 Å². The van der Waals surface area contributed by atoms with Crippen molar-refractivity contribution in [1.82, 2.24) is 9.99 Å². The minimum atomic E-state index is -0.470. The molecule has 7 nitrogen and oxygen atoms in total. The molecule has 3 rings (SSSR count). The van der Waals surface area contributed by atoms with Gasteiger partial charge in [0.2, 0.25) is 11.8 Å². The van der Waals surface area contributed by atoms with Crippen LogP contribution in [0.3, 0.4) is 0 Å². The van der Waals surface area contributed by atoms with Crippen molar-refractivity contribution < 1.29 is 14.3 Å². The number of hydrogen-bond acceptors (Lipinski definition) is 6. The minimum Gasteiger partial charge on any atom is -0.497 e. The molecule has 0 aliphatic heterocycles. The SMILES string of the molecule is COc1ccc(-c2c(C#N)c(NN(C(C)=O)C(C)=O)nc3c2CCCC3)cc1. The molecule has 0 atom stereocenters. The number of pyridine rings is 1. The number of rotatable bonds is 4. The van der Waals surface area contributed by atoms with Crippen LogP contribution in [0.4, 0.5) is 5.82 Å². The van der Waals surface area contributed by atoms with Gasteiger partial charge in [0.05, 0.1) is 7.11 Å². The summed E-state index contributed by atoms with van der Waals surface area (Å²) < 4.78 is 5.23. The third-order valence-corrected chi connectivity index (χ3v) is 4.81. The fourth-order valence-electron chi connectivity index (χ4n) is 3.49. The van der Waals surface area contributed by atoms with Crippen LogP contribution in [-0.4, -0.2) is 28.9 Å². The number of carbonyl (C=O) groups is 2. The average Bonchev–Trinajstić information content (AvgIpc) is 2.70. The van der Waals surface area contributed by atoms with E-state index in [1.165, 1.54) is 13.8 Å². The number of hydrogen-bond donors (Lipinski definition) is 1. The van der Waals surface area contributed by atoms with E-state index in [2.05, 4.69) is 16.5 Å². The van der Waals surface area contributed by atoms with Crippen LogP contribution in [0, 0.1) is 11.3 Å². The number of aryl methyl sites for hydroxylation is 1. The molecule has 7 heteroatoms. The highest BCUT2D eigenvalue weighted by molar-refractivity contribution is 5.94. The van der Waals surface area contributed by atoms with Gasteiger partial charge in [0, 0.05) is 25.1 Å². The summed E-state index contributed by atoms with van der Waals surface area (Å²) >= 11 is 0. The summed E-state index contributed by atoms with van der Waals surface area (Å²) in [6.07, 6.45) is 3.67. The first kappa shape index (κ1) is 19.4. The maximum absolute atomic E-state index is 11.8. The lowest BCUT2D eigenvalue weighted by Gasteiger charge is -2.25. The predicted octanol–water partition coefficient (Wildman–Crippen LogP) is 3.23. The Hall–Kier alpha value is -3.40. The van der Waals surface area contributed by atoms with Crippen LogP contribution in [0.5, 0.6) is 5.75 Å². The Bertz CT molecular complexity index is 947. The second-order valence-corrected chi connectivity index (χ2v) is 6.67. The standard InChI is InChI=1S/C21H22N4O3/c1-13(26)25(14(2)27)24-21-18(12-22)20(15-8-10-16(28-3)11-9-15)17-6-4-5-7-19(17)23-21/h8-11H,4-7H2,1-3H3,(H,23,24). The predicted molar refractivity (Wildman–Crippen MR) is 104 cm³/mol. The molecule has 2 amide bonds. The summed E-state index contributed by atoms with van der Waals surface area (Å²) in [5.74, 6) is 0.00560. The van der Waals surface area contributed by atoms with Gasteiger partial charge in [0.1, 0.15) is 17.4 Å². The molecule has 28 heavy (non-hydrogen) atoms. The number of carbonyl (C=O) groups excluding carboxylic acids is 2. The van der Waals surface area contributed by atoms with Gasteiger partial charge in [0.25, 0.3) is 0 Å². The quantitative estimate of drug-likeness (QED) is 0.821. The molecule has 1 aromatic heterocycles. The Morgan fingerprint density at radius 3 is 2.36 bits per heavy atom. The Morgan fingerprint density at radius 1 is 1.14 bits per heavy atom. The topological polar surface area (TPSA) is 95.3 Å². The number of anilines is 1. The number of amides is 2. The van der Waals surface area contributed by atoms with Crippen LogP contribution < -0.4 is 10.2 Å². The summed E-state index contributed by atoms with van der Waals surface area (Å²) in [7, 11) is 1.60. The molecule has 0 spiro atoms. The largest absolute Gasteiger partial charge is 0.497 e. The molecular weight excluding hydrogens is 356 g/mol. The Labute approximate surface area is 163 Å². The Kier molecular flexibility index (Phi) is 5.59. The maximum Gasteiger partial charge on any atom is 0.245 e. The summed E-state index contributed by atoms with van der Waals surface area (Å²) in [6, 6.07) is 9.72. The second-order valence-electron chi connectivity index (χ2n) is 6.67. The second kappa shape index (κ2) is 8.09. The molecule has 1 heterocycles. The van der Waals surface area contributed by atoms with E-state index in [-0.39, 0.29) is 5.82 Å². The number of fused-ring (bicyclic) bond motifs is 1. The van der Waals surface area contributed by atoms with Crippen molar-refractivity contribution in [1.29, 1.82) is 5.26 Å². The summed E-state index contributed by atoms with van der Waals surface area (Å²) in [4.78, 5) is 28.2. The third kappa shape index (κ3) is 3.67. The van der Waals surface area contributed by atoms with E-state index in [1.807, 2.05) is 24.3 Å². The van der Waals surface area contributed by atoms with Crippen molar-refractivity contribution in [3.05, 3.63) is 41.1 Å². The van der Waals surface area contributed by atoms with Crippen molar-refractivity contribution >= 4 is 17.6 Å². The number of ether oxygens (including phenoxy) is 1. The van der Waals surface area contributed by atoms with Gasteiger partial charge < -0.3 is 4.74 Å². The van der Waals surface area contributed by atoms with E-state index < -0.39 is 11.8 Å². The Morgan fingerprint density at radius 2 is 1.79 bits per heavy atom. The first-order chi connectivity index (χ1) is 13.5. The van der Waals surface area contributed by atoms with Crippen LogP contribution in [0.25, 0.3) is 11.1 Å². The molecular formula is C21H22N4O3. The smallest absolute Gasteiger partial charge is 0.245 e.